The number of rotatable bonds is 4. The van der Waals surface area contributed by atoms with Crippen molar-refractivity contribution >= 4 is 17.6 Å². The minimum atomic E-state index is -1.16. The Bertz CT molecular complexity index is 582. The number of morpholine rings is 1. The maximum atomic E-state index is 12.5. The van der Waals surface area contributed by atoms with Crippen LogP contribution in [-0.4, -0.2) is 57.2 Å². The zero-order valence-corrected chi connectivity index (χ0v) is 11.4. The molecule has 0 bridgehead atoms. The zero-order valence-electron chi connectivity index (χ0n) is 11.4. The molecule has 9 heteroatoms. The highest BCUT2D eigenvalue weighted by molar-refractivity contribution is 5.96. The number of hydrogen-bond acceptors (Lipinski definition) is 5. The number of aryl methyl sites for hydroxylation is 1. The molecule has 1 aliphatic heterocycles. The van der Waals surface area contributed by atoms with E-state index in [9.17, 15) is 19.7 Å². The maximum absolute atomic E-state index is 12.5. The van der Waals surface area contributed by atoms with Crippen LogP contribution in [0.15, 0.2) is 12.3 Å². The van der Waals surface area contributed by atoms with Crippen molar-refractivity contribution < 1.29 is 24.4 Å². The van der Waals surface area contributed by atoms with Crippen LogP contribution in [-0.2, 0) is 16.1 Å². The van der Waals surface area contributed by atoms with Gasteiger partial charge in [-0.15, -0.1) is 0 Å². The Morgan fingerprint density at radius 2 is 2.29 bits per heavy atom. The van der Waals surface area contributed by atoms with Crippen molar-refractivity contribution in [1.82, 2.24) is 9.47 Å². The maximum Gasteiger partial charge on any atom is 0.328 e. The SMILES string of the molecule is CCn1cc([N+](=O)[O-])cc1C(=O)N1CCOCC1C(=O)O. The molecule has 1 saturated heterocycles. The van der Waals surface area contributed by atoms with Crippen molar-refractivity contribution in [3.8, 4) is 0 Å². The molecule has 1 N–H and O–H groups in total. The lowest BCUT2D eigenvalue weighted by Gasteiger charge is -2.32. The quantitative estimate of drug-likeness (QED) is 0.633. The molecule has 0 saturated carbocycles. The van der Waals surface area contributed by atoms with Crippen molar-refractivity contribution in [3.63, 3.8) is 0 Å². The summed E-state index contributed by atoms with van der Waals surface area (Å²) in [6.45, 7) is 2.41. The van der Waals surface area contributed by atoms with Crippen LogP contribution in [0.1, 0.15) is 17.4 Å². The summed E-state index contributed by atoms with van der Waals surface area (Å²) in [6.07, 6.45) is 1.27. The second-order valence-corrected chi connectivity index (χ2v) is 4.55. The number of carbonyl (C=O) groups is 2. The molecule has 1 aromatic heterocycles. The summed E-state index contributed by atoms with van der Waals surface area (Å²) < 4.78 is 6.51. The number of nitro groups is 1. The van der Waals surface area contributed by atoms with Gasteiger partial charge in [0.05, 0.1) is 24.3 Å². The van der Waals surface area contributed by atoms with E-state index in [0.29, 0.717) is 6.54 Å². The third-order valence-electron chi connectivity index (χ3n) is 3.33. The van der Waals surface area contributed by atoms with Gasteiger partial charge in [0.15, 0.2) is 6.04 Å². The Kier molecular flexibility index (Phi) is 4.22. The smallest absolute Gasteiger partial charge is 0.328 e. The predicted octanol–water partition coefficient (Wildman–Crippen LogP) is 0.342. The van der Waals surface area contributed by atoms with Gasteiger partial charge in [0.1, 0.15) is 5.69 Å². The Balaban J connectivity index is 2.33. The van der Waals surface area contributed by atoms with Crippen molar-refractivity contribution in [1.29, 1.82) is 0 Å². The molecule has 0 aliphatic carbocycles. The minimum Gasteiger partial charge on any atom is -0.480 e. The number of carboxylic acid groups (broad SMARTS) is 1. The molecule has 1 fully saturated rings. The summed E-state index contributed by atoms with van der Waals surface area (Å²) in [7, 11) is 0. The van der Waals surface area contributed by atoms with Gasteiger partial charge in [0.2, 0.25) is 0 Å². The van der Waals surface area contributed by atoms with E-state index in [1.54, 1.807) is 6.92 Å². The van der Waals surface area contributed by atoms with Crippen molar-refractivity contribution in [2.75, 3.05) is 19.8 Å². The average molecular weight is 297 g/mol. The molecular weight excluding hydrogens is 282 g/mol. The number of aliphatic carboxylic acids is 1. The van der Waals surface area contributed by atoms with Gasteiger partial charge in [-0.1, -0.05) is 0 Å². The lowest BCUT2D eigenvalue weighted by atomic mass is 10.2. The molecule has 1 unspecified atom stereocenters. The number of nitrogens with zero attached hydrogens (tertiary/aromatic N) is 3. The number of carboxylic acids is 1. The van der Waals surface area contributed by atoms with Gasteiger partial charge in [-0.2, -0.15) is 0 Å². The Morgan fingerprint density at radius 1 is 1.57 bits per heavy atom. The van der Waals surface area contributed by atoms with Crippen molar-refractivity contribution in [3.05, 3.63) is 28.1 Å². The van der Waals surface area contributed by atoms with E-state index >= 15 is 0 Å². The monoisotopic (exact) mass is 297 g/mol. The first-order valence-corrected chi connectivity index (χ1v) is 6.41. The highest BCUT2D eigenvalue weighted by Crippen LogP contribution is 2.20. The lowest BCUT2D eigenvalue weighted by molar-refractivity contribution is -0.384. The van der Waals surface area contributed by atoms with Crippen molar-refractivity contribution in [2.24, 2.45) is 0 Å². The van der Waals surface area contributed by atoms with Gasteiger partial charge in [0, 0.05) is 19.2 Å². The standard InChI is InChI=1S/C12H15N3O6/c1-2-13-6-8(15(19)20)5-9(13)11(16)14-3-4-21-7-10(14)12(17)18/h5-6,10H,2-4,7H2,1H3,(H,17,18). The number of aromatic nitrogens is 1. The summed E-state index contributed by atoms with van der Waals surface area (Å²) in [5.41, 5.74) is -0.0855. The van der Waals surface area contributed by atoms with Gasteiger partial charge >= 0.3 is 5.97 Å². The largest absolute Gasteiger partial charge is 0.480 e. The van der Waals surface area contributed by atoms with Crippen molar-refractivity contribution in [2.45, 2.75) is 19.5 Å². The fourth-order valence-corrected chi connectivity index (χ4v) is 2.23. The van der Waals surface area contributed by atoms with Crippen LogP contribution in [0.4, 0.5) is 5.69 Å². The van der Waals surface area contributed by atoms with E-state index in [2.05, 4.69) is 0 Å². The van der Waals surface area contributed by atoms with E-state index in [-0.39, 0.29) is 31.1 Å². The second-order valence-electron chi connectivity index (χ2n) is 4.55. The lowest BCUT2D eigenvalue weighted by Crippen LogP contribution is -2.52. The molecule has 1 atom stereocenters. The average Bonchev–Trinajstić information content (AvgIpc) is 2.90. The first-order valence-electron chi connectivity index (χ1n) is 6.41. The summed E-state index contributed by atoms with van der Waals surface area (Å²) in [5.74, 6) is -1.70. The molecule has 2 rings (SSSR count). The Labute approximate surface area is 119 Å². The van der Waals surface area contributed by atoms with Gasteiger partial charge in [0.25, 0.3) is 11.6 Å². The highest BCUT2D eigenvalue weighted by Gasteiger charge is 2.35. The van der Waals surface area contributed by atoms with Crippen LogP contribution in [0.2, 0.25) is 0 Å². The van der Waals surface area contributed by atoms with Crippen LogP contribution in [0.25, 0.3) is 0 Å². The van der Waals surface area contributed by atoms with Crippen LogP contribution < -0.4 is 0 Å². The third kappa shape index (κ3) is 2.87. The molecule has 2 heterocycles. The number of hydrogen-bond donors (Lipinski definition) is 1. The van der Waals surface area contributed by atoms with Crippen LogP contribution in [0.5, 0.6) is 0 Å². The molecule has 1 aromatic rings. The molecule has 1 aliphatic rings. The van der Waals surface area contributed by atoms with Gasteiger partial charge in [-0.05, 0) is 6.92 Å². The zero-order chi connectivity index (χ0) is 15.6. The van der Waals surface area contributed by atoms with Crippen LogP contribution in [0, 0.1) is 10.1 Å². The summed E-state index contributed by atoms with van der Waals surface area (Å²) in [6, 6.07) is 0.0886. The van der Waals surface area contributed by atoms with E-state index < -0.39 is 22.8 Å². The molecule has 0 radical (unpaired) electrons. The molecule has 1 amide bonds. The predicted molar refractivity (Wildman–Crippen MR) is 70.0 cm³/mol. The fourth-order valence-electron chi connectivity index (χ4n) is 2.23. The number of amides is 1. The second kappa shape index (κ2) is 5.92. The fraction of sp³-hybridized carbons (Fsp3) is 0.500. The third-order valence-corrected chi connectivity index (χ3v) is 3.33. The first-order chi connectivity index (χ1) is 9.95. The summed E-state index contributed by atoms with van der Waals surface area (Å²) in [4.78, 5) is 35.1. The first kappa shape index (κ1) is 15.0. The Hall–Kier alpha value is -2.42. The molecule has 21 heavy (non-hydrogen) atoms. The Morgan fingerprint density at radius 3 is 2.86 bits per heavy atom. The molecule has 9 nitrogen and oxygen atoms in total. The molecule has 114 valence electrons. The topological polar surface area (TPSA) is 115 Å². The van der Waals surface area contributed by atoms with Gasteiger partial charge in [-0.3, -0.25) is 14.9 Å². The summed E-state index contributed by atoms with van der Waals surface area (Å²) in [5, 5.41) is 19.9. The van der Waals surface area contributed by atoms with Crippen LogP contribution >= 0.6 is 0 Å². The van der Waals surface area contributed by atoms with Gasteiger partial charge in [-0.25, -0.2) is 4.79 Å². The van der Waals surface area contributed by atoms with E-state index in [1.807, 2.05) is 0 Å². The molecule has 0 aromatic carbocycles. The summed E-state index contributed by atoms with van der Waals surface area (Å²) >= 11 is 0. The normalized spacial score (nSPS) is 18.5. The molecular formula is C12H15N3O6. The van der Waals surface area contributed by atoms with E-state index in [0.717, 1.165) is 0 Å². The molecule has 0 spiro atoms. The van der Waals surface area contributed by atoms with E-state index in [1.165, 1.54) is 21.7 Å². The number of carbonyl (C=O) groups excluding carboxylic acids is 1. The van der Waals surface area contributed by atoms with Crippen LogP contribution in [0.3, 0.4) is 0 Å². The minimum absolute atomic E-state index is 0.0873. The van der Waals surface area contributed by atoms with Gasteiger partial charge < -0.3 is 19.3 Å². The number of ether oxygens (including phenoxy) is 1. The van der Waals surface area contributed by atoms with E-state index in [4.69, 9.17) is 9.84 Å². The highest BCUT2D eigenvalue weighted by atomic mass is 16.6.